The summed E-state index contributed by atoms with van der Waals surface area (Å²) in [5.74, 6) is 3.20. The second-order valence-corrected chi connectivity index (χ2v) is 33.4. The summed E-state index contributed by atoms with van der Waals surface area (Å²) in [5.41, 5.74) is 3.30. The Morgan fingerprint density at radius 1 is 0.316 bits per heavy atom. The molecular formula is C68H96Cl2P4Ti2-2. The molecule has 0 radical (unpaired) electrons. The van der Waals surface area contributed by atoms with Crippen molar-refractivity contribution in [2.24, 2.45) is 23.7 Å². The summed E-state index contributed by atoms with van der Waals surface area (Å²) in [4.78, 5) is 0. The molecule has 0 aliphatic rings. The van der Waals surface area contributed by atoms with Gasteiger partial charge in [-0.1, -0.05) is 167 Å². The van der Waals surface area contributed by atoms with Crippen LogP contribution in [0, 0.1) is 23.7 Å². The quantitative estimate of drug-likeness (QED) is 0.0405. The molecule has 0 saturated carbocycles. The fraction of sp³-hybridized carbons (Fsp3) is 0.471. The van der Waals surface area contributed by atoms with Crippen molar-refractivity contribution >= 4 is 96.0 Å². The molecule has 412 valence electrons. The van der Waals surface area contributed by atoms with E-state index in [1.165, 1.54) is 93.4 Å². The predicted molar refractivity (Wildman–Crippen MR) is 342 cm³/mol. The molecule has 0 aromatic heterocycles. The summed E-state index contributed by atoms with van der Waals surface area (Å²) in [7, 11) is -0.0134. The van der Waals surface area contributed by atoms with Crippen molar-refractivity contribution in [1.29, 1.82) is 0 Å². The van der Waals surface area contributed by atoms with E-state index in [0.717, 1.165) is 46.3 Å². The van der Waals surface area contributed by atoms with Crippen LogP contribution < -0.4 is 46.0 Å². The van der Waals surface area contributed by atoms with Crippen LogP contribution in [0.3, 0.4) is 0 Å². The van der Waals surface area contributed by atoms with Gasteiger partial charge in [-0.05, 0) is 96.6 Å². The van der Waals surface area contributed by atoms with E-state index in [1.54, 1.807) is 21.2 Å². The standard InChI is InChI=1S/4C17H24P.2ClH.2Ti/c2*1-13(2)11-18(12-14(3)4)17-9-15-7-5-6-8-16(15)10-17;2*1-5-13(3)18(14(4)6-2)17-11-15-9-7-8-10-16(15)12-17;;;;/h2*5-10,13-14H,11-12H2,1-4H3;2*7-14H,5-6H2,1-4H3;2*1H;;/q4*-1;;;2*+2/p-2. The van der Waals surface area contributed by atoms with E-state index in [4.69, 9.17) is 0 Å². The van der Waals surface area contributed by atoms with Crippen LogP contribution in [0.25, 0.3) is 43.1 Å². The minimum absolute atomic E-state index is 0. The minimum Gasteiger partial charge on any atom is -1.00 e. The maximum absolute atomic E-state index is 2.43. The normalized spacial score (nSPS) is 13.7. The molecule has 0 bridgehead atoms. The van der Waals surface area contributed by atoms with E-state index < -0.39 is 0 Å². The number of benzene rings is 4. The zero-order chi connectivity index (χ0) is 52.5. The Morgan fingerprint density at radius 3 is 0.711 bits per heavy atom. The van der Waals surface area contributed by atoms with E-state index in [2.05, 4.69) is 256 Å². The van der Waals surface area contributed by atoms with Crippen molar-refractivity contribution in [1.82, 2.24) is 0 Å². The first-order valence-corrected chi connectivity index (χ1v) is 34.5. The molecule has 8 heteroatoms. The van der Waals surface area contributed by atoms with Crippen LogP contribution >= 0.6 is 31.7 Å². The summed E-state index contributed by atoms with van der Waals surface area (Å²) in [5, 5.41) is 17.7. The third-order valence-corrected chi connectivity index (χ3v) is 28.0. The fourth-order valence-corrected chi connectivity index (χ4v) is 22.7. The molecule has 0 amide bonds. The first-order chi connectivity index (χ1) is 34.5. The molecular weight excluding hydrogens is 1110 g/mol. The predicted octanol–water partition coefficient (Wildman–Crippen LogP) is 14.5. The van der Waals surface area contributed by atoms with Gasteiger partial charge in [-0.2, -0.15) is 24.3 Å². The van der Waals surface area contributed by atoms with E-state index in [-0.39, 0.29) is 99.9 Å². The zero-order valence-corrected chi connectivity index (χ0v) is 57.9. The molecule has 0 spiro atoms. The summed E-state index contributed by atoms with van der Waals surface area (Å²) < 4.78 is 0. The Hall–Kier alpha value is -0.951. The van der Waals surface area contributed by atoms with Crippen LogP contribution in [0.5, 0.6) is 0 Å². The molecule has 0 heterocycles. The van der Waals surface area contributed by atoms with Gasteiger partial charge in [0, 0.05) is 0 Å². The first kappa shape index (κ1) is 73.1. The number of halogens is 2. The molecule has 0 aliphatic heterocycles. The molecule has 0 nitrogen and oxygen atoms in total. The van der Waals surface area contributed by atoms with Gasteiger partial charge in [-0.25, -0.2) is 0 Å². The molecule has 4 unspecified atom stereocenters. The first-order valence-electron chi connectivity index (χ1n) is 28.1. The second kappa shape index (κ2) is 37.2. The summed E-state index contributed by atoms with van der Waals surface area (Å²) in [6, 6.07) is 54.4. The van der Waals surface area contributed by atoms with Crippen molar-refractivity contribution in [2.45, 2.75) is 159 Å². The molecule has 0 fully saturated rings. The monoisotopic (exact) mass is 1200 g/mol. The molecule has 4 atom stereocenters. The van der Waals surface area contributed by atoms with Gasteiger partial charge in [0.15, 0.2) is 0 Å². The Kier molecular flexibility index (Phi) is 35.8. The van der Waals surface area contributed by atoms with E-state index in [0.29, 0.717) is 0 Å². The van der Waals surface area contributed by atoms with Crippen LogP contribution in [-0.4, -0.2) is 47.3 Å². The number of hydrogen-bond acceptors (Lipinski definition) is 0. The van der Waals surface area contributed by atoms with Gasteiger partial charge in [0.25, 0.3) is 0 Å². The van der Waals surface area contributed by atoms with Gasteiger partial charge >= 0.3 is 43.4 Å². The molecule has 8 aromatic carbocycles. The maximum atomic E-state index is 2.43. The fourth-order valence-electron chi connectivity index (χ4n) is 10.2. The van der Waals surface area contributed by atoms with Crippen LogP contribution in [0.4, 0.5) is 0 Å². The topological polar surface area (TPSA) is 0 Å². The smallest absolute Gasteiger partial charge is 1.00 e. The van der Waals surface area contributed by atoms with Gasteiger partial charge in [-0.15, -0.1) is 161 Å². The zero-order valence-electron chi connectivity index (χ0n) is 49.7. The molecule has 0 saturated heterocycles. The van der Waals surface area contributed by atoms with Crippen molar-refractivity contribution in [3.63, 3.8) is 0 Å². The third kappa shape index (κ3) is 22.1. The average molecular weight is 1200 g/mol. The maximum Gasteiger partial charge on any atom is 2.00 e. The molecule has 8 rings (SSSR count). The Morgan fingerprint density at radius 2 is 0.513 bits per heavy atom. The van der Waals surface area contributed by atoms with Crippen LogP contribution in [0.2, 0.25) is 0 Å². The van der Waals surface area contributed by atoms with Crippen LogP contribution in [0.15, 0.2) is 146 Å². The number of rotatable bonds is 20. The van der Waals surface area contributed by atoms with Gasteiger partial charge in [0.2, 0.25) is 0 Å². The van der Waals surface area contributed by atoms with Gasteiger partial charge in [0.1, 0.15) is 0 Å². The molecule has 76 heavy (non-hydrogen) atoms. The van der Waals surface area contributed by atoms with Gasteiger partial charge in [-0.3, -0.25) is 0 Å². The van der Waals surface area contributed by atoms with Gasteiger partial charge < -0.3 is 24.8 Å². The van der Waals surface area contributed by atoms with E-state index in [9.17, 15) is 0 Å². The van der Waals surface area contributed by atoms with Crippen molar-refractivity contribution in [3.8, 4) is 0 Å². The van der Waals surface area contributed by atoms with Crippen LogP contribution in [-0.2, 0) is 43.4 Å². The van der Waals surface area contributed by atoms with Crippen LogP contribution in [0.1, 0.15) is 136 Å². The Labute approximate surface area is 512 Å². The average Bonchev–Trinajstić information content (AvgIpc) is 4.18. The second-order valence-electron chi connectivity index (χ2n) is 22.6. The Bertz CT molecular complexity index is 2400. The molecule has 0 N–H and O–H groups in total. The number of hydrogen-bond donors (Lipinski definition) is 0. The van der Waals surface area contributed by atoms with Crippen molar-refractivity contribution in [2.75, 3.05) is 24.6 Å². The number of fused-ring (bicyclic) bond motifs is 4. The van der Waals surface area contributed by atoms with E-state index >= 15 is 0 Å². The largest absolute Gasteiger partial charge is 2.00 e. The summed E-state index contributed by atoms with van der Waals surface area (Å²) in [6.07, 6.45) is 10.6. The Balaban J connectivity index is 0.000000498. The summed E-state index contributed by atoms with van der Waals surface area (Å²) in [6.45, 7) is 37.8. The summed E-state index contributed by atoms with van der Waals surface area (Å²) >= 11 is 0. The molecule has 0 aliphatic carbocycles. The third-order valence-electron chi connectivity index (χ3n) is 14.3. The van der Waals surface area contributed by atoms with Gasteiger partial charge in [0.05, 0.1) is 0 Å². The van der Waals surface area contributed by atoms with Crippen molar-refractivity contribution in [3.05, 3.63) is 146 Å². The SMILES string of the molecule is CC(C)CP(CC(C)C)c1cc2ccccc2[cH-]1.CC(C)CP(CC(C)C)c1cc2ccccc2[cH-]1.CCC(C)P(c1cc2ccccc2[cH-]1)C(C)CC.CCC(C)P(c1cc2ccccc2[cH-]1)C(C)CC.[Cl-].[Cl-].[Ti+2].[Ti+2]. The molecule has 8 aromatic rings. The minimum atomic E-state index is -0.0252. The van der Waals surface area contributed by atoms with E-state index in [1.807, 2.05) is 0 Å². The van der Waals surface area contributed by atoms with Crippen molar-refractivity contribution < 1.29 is 68.2 Å².